The quantitative estimate of drug-likeness (QED) is 0.503. The molecule has 2 saturated carbocycles. The first-order valence-corrected chi connectivity index (χ1v) is 4.65. The van der Waals surface area contributed by atoms with Crippen molar-refractivity contribution in [2.75, 3.05) is 0 Å². The fraction of sp³-hybridized carbons (Fsp3) is 0.727. The maximum Gasteiger partial charge on any atom is 0.164 e. The molecule has 0 N–H and O–H groups in total. The Morgan fingerprint density at radius 2 is 2.00 bits per heavy atom. The smallest absolute Gasteiger partial charge is 0.164 e. The highest BCUT2D eigenvalue weighted by atomic mass is 16.1. The van der Waals surface area contributed by atoms with Crippen molar-refractivity contribution >= 4 is 5.78 Å². The topological polar surface area (TPSA) is 17.1 Å². The molecule has 66 valence electrons. The second kappa shape index (κ2) is 1.84. The molecule has 0 aliphatic heterocycles. The van der Waals surface area contributed by atoms with Crippen molar-refractivity contribution in [3.63, 3.8) is 0 Å². The number of allylic oxidation sites excluding steroid dienone is 1. The standard InChI is InChI=1S/C11H16O/c1-7-8-5-6-11(4,9(7)12)10(8,2)3/h8H,1,5-6H2,2-4H3/t8-,11+/m0/s1. The van der Waals surface area contributed by atoms with E-state index in [0.29, 0.717) is 11.7 Å². The van der Waals surface area contributed by atoms with Crippen molar-refractivity contribution in [1.82, 2.24) is 0 Å². The van der Waals surface area contributed by atoms with E-state index in [1.807, 2.05) is 0 Å². The third-order valence-corrected chi connectivity index (χ3v) is 4.44. The highest BCUT2D eigenvalue weighted by Crippen LogP contribution is 2.65. The van der Waals surface area contributed by atoms with Gasteiger partial charge in [0.2, 0.25) is 0 Å². The number of carbonyl (C=O) groups excluding carboxylic acids is 1. The van der Waals surface area contributed by atoms with Crippen molar-refractivity contribution in [2.45, 2.75) is 33.6 Å². The summed E-state index contributed by atoms with van der Waals surface area (Å²) in [4.78, 5) is 11.8. The summed E-state index contributed by atoms with van der Waals surface area (Å²) in [6.07, 6.45) is 2.22. The summed E-state index contributed by atoms with van der Waals surface area (Å²) in [6, 6.07) is 0. The lowest BCUT2D eigenvalue weighted by Gasteiger charge is -2.31. The fourth-order valence-corrected chi connectivity index (χ4v) is 3.03. The van der Waals surface area contributed by atoms with Crippen LogP contribution in [-0.2, 0) is 4.79 Å². The maximum atomic E-state index is 11.8. The molecule has 2 rings (SSSR count). The lowest BCUT2D eigenvalue weighted by Crippen LogP contribution is -2.32. The number of hydrogen-bond acceptors (Lipinski definition) is 1. The van der Waals surface area contributed by atoms with E-state index in [-0.39, 0.29) is 10.8 Å². The molecule has 0 amide bonds. The zero-order valence-corrected chi connectivity index (χ0v) is 8.11. The highest BCUT2D eigenvalue weighted by Gasteiger charge is 2.63. The summed E-state index contributed by atoms with van der Waals surface area (Å²) in [5.74, 6) is 0.777. The molecule has 0 unspecified atom stereocenters. The normalized spacial score (nSPS) is 44.1. The minimum atomic E-state index is -0.102. The lowest BCUT2D eigenvalue weighted by molar-refractivity contribution is -0.125. The fourth-order valence-electron chi connectivity index (χ4n) is 3.03. The largest absolute Gasteiger partial charge is 0.294 e. The van der Waals surface area contributed by atoms with Crippen molar-refractivity contribution in [3.8, 4) is 0 Å². The van der Waals surface area contributed by atoms with Gasteiger partial charge < -0.3 is 0 Å². The summed E-state index contributed by atoms with van der Waals surface area (Å²) >= 11 is 0. The van der Waals surface area contributed by atoms with Crippen molar-refractivity contribution in [1.29, 1.82) is 0 Å². The van der Waals surface area contributed by atoms with Crippen LogP contribution in [0.2, 0.25) is 0 Å². The van der Waals surface area contributed by atoms with E-state index in [2.05, 4.69) is 27.4 Å². The van der Waals surface area contributed by atoms with Crippen molar-refractivity contribution < 1.29 is 4.79 Å². The predicted octanol–water partition coefficient (Wildman–Crippen LogP) is 2.57. The molecular weight excluding hydrogens is 148 g/mol. The second-order valence-electron chi connectivity index (χ2n) is 5.00. The predicted molar refractivity (Wildman–Crippen MR) is 48.8 cm³/mol. The van der Waals surface area contributed by atoms with Crippen molar-refractivity contribution in [2.24, 2.45) is 16.7 Å². The maximum absolute atomic E-state index is 11.8. The molecule has 0 aromatic heterocycles. The van der Waals surface area contributed by atoms with Gasteiger partial charge in [-0.25, -0.2) is 0 Å². The van der Waals surface area contributed by atoms with Gasteiger partial charge in [-0.2, -0.15) is 0 Å². The van der Waals surface area contributed by atoms with Gasteiger partial charge >= 0.3 is 0 Å². The van der Waals surface area contributed by atoms with Crippen LogP contribution in [0.4, 0.5) is 0 Å². The first kappa shape index (κ1) is 8.03. The molecule has 2 aliphatic rings. The number of fused-ring (bicyclic) bond motifs is 2. The van der Waals surface area contributed by atoms with Crippen molar-refractivity contribution in [3.05, 3.63) is 12.2 Å². The van der Waals surface area contributed by atoms with Gasteiger partial charge in [0, 0.05) is 5.41 Å². The second-order valence-corrected chi connectivity index (χ2v) is 5.00. The third-order valence-electron chi connectivity index (χ3n) is 4.44. The molecule has 0 aromatic carbocycles. The van der Waals surface area contributed by atoms with Crippen LogP contribution in [0.15, 0.2) is 12.2 Å². The Bertz CT molecular complexity index is 275. The molecule has 0 heterocycles. The van der Waals surface area contributed by atoms with Crippen LogP contribution in [-0.4, -0.2) is 5.78 Å². The van der Waals surface area contributed by atoms with Crippen LogP contribution in [0.1, 0.15) is 33.6 Å². The van der Waals surface area contributed by atoms with Crippen LogP contribution >= 0.6 is 0 Å². The Labute approximate surface area is 73.8 Å². The zero-order valence-electron chi connectivity index (χ0n) is 8.11. The Hall–Kier alpha value is -0.590. The SMILES string of the molecule is C=C1C(=O)[C@@]2(C)CC[C@@H]1C2(C)C. The summed E-state index contributed by atoms with van der Waals surface area (Å²) in [7, 11) is 0. The summed E-state index contributed by atoms with van der Waals surface area (Å²) in [5, 5.41) is 0. The molecule has 0 aromatic rings. The molecular formula is C11H16O. The van der Waals surface area contributed by atoms with Gasteiger partial charge in [0.1, 0.15) is 0 Å². The van der Waals surface area contributed by atoms with Crippen LogP contribution in [0.5, 0.6) is 0 Å². The van der Waals surface area contributed by atoms with Gasteiger partial charge in [-0.15, -0.1) is 0 Å². The van der Waals surface area contributed by atoms with E-state index in [1.165, 1.54) is 0 Å². The molecule has 0 radical (unpaired) electrons. The first-order valence-electron chi connectivity index (χ1n) is 4.65. The van der Waals surface area contributed by atoms with E-state index in [0.717, 1.165) is 18.4 Å². The number of hydrogen-bond donors (Lipinski definition) is 0. The van der Waals surface area contributed by atoms with E-state index >= 15 is 0 Å². The molecule has 1 nitrogen and oxygen atoms in total. The Morgan fingerprint density at radius 1 is 1.42 bits per heavy atom. The van der Waals surface area contributed by atoms with Gasteiger partial charge in [0.05, 0.1) is 0 Å². The average Bonchev–Trinajstić information content (AvgIpc) is 2.26. The Kier molecular flexibility index (Phi) is 1.23. The van der Waals surface area contributed by atoms with Gasteiger partial charge in [-0.1, -0.05) is 27.4 Å². The van der Waals surface area contributed by atoms with E-state index in [1.54, 1.807) is 0 Å². The Balaban J connectivity index is 2.58. The minimum Gasteiger partial charge on any atom is -0.294 e. The molecule has 12 heavy (non-hydrogen) atoms. The minimum absolute atomic E-state index is 0.102. The third kappa shape index (κ3) is 0.562. The summed E-state index contributed by atoms with van der Waals surface area (Å²) in [6.45, 7) is 10.4. The number of ketones is 1. The molecule has 2 aliphatic carbocycles. The van der Waals surface area contributed by atoms with Gasteiger partial charge in [0.25, 0.3) is 0 Å². The average molecular weight is 164 g/mol. The highest BCUT2D eigenvalue weighted by molar-refractivity contribution is 6.04. The van der Waals surface area contributed by atoms with Gasteiger partial charge in [-0.05, 0) is 29.7 Å². The van der Waals surface area contributed by atoms with Crippen LogP contribution in [0, 0.1) is 16.7 Å². The molecule has 0 saturated heterocycles. The van der Waals surface area contributed by atoms with E-state index < -0.39 is 0 Å². The Morgan fingerprint density at radius 3 is 2.25 bits per heavy atom. The molecule has 2 fully saturated rings. The van der Waals surface area contributed by atoms with Gasteiger partial charge in [0.15, 0.2) is 5.78 Å². The van der Waals surface area contributed by atoms with E-state index in [4.69, 9.17) is 0 Å². The van der Waals surface area contributed by atoms with Crippen LogP contribution in [0.25, 0.3) is 0 Å². The lowest BCUT2D eigenvalue weighted by atomic mass is 9.70. The molecule has 1 heteroatoms. The van der Waals surface area contributed by atoms with Crippen LogP contribution < -0.4 is 0 Å². The molecule has 0 spiro atoms. The monoisotopic (exact) mass is 164 g/mol. The van der Waals surface area contributed by atoms with Crippen LogP contribution in [0.3, 0.4) is 0 Å². The summed E-state index contributed by atoms with van der Waals surface area (Å²) in [5.41, 5.74) is 0.935. The first-order chi connectivity index (χ1) is 5.41. The number of Topliss-reactive ketones (excluding diaryl/α,β-unsaturated/α-hetero) is 1. The number of carbonyl (C=O) groups is 1. The van der Waals surface area contributed by atoms with Gasteiger partial charge in [-0.3, -0.25) is 4.79 Å². The zero-order chi connectivity index (χ0) is 9.15. The number of rotatable bonds is 0. The van der Waals surface area contributed by atoms with E-state index in [9.17, 15) is 4.79 Å². The molecule has 2 bridgehead atoms. The molecule has 2 atom stereocenters. The summed E-state index contributed by atoms with van der Waals surface area (Å²) < 4.78 is 0.